The molecule has 0 saturated heterocycles. The number of aromatic nitrogens is 2. The second-order valence-electron chi connectivity index (χ2n) is 7.26. The number of aliphatic hydroxyl groups is 1. The Balaban J connectivity index is 1.99. The summed E-state index contributed by atoms with van der Waals surface area (Å²) in [5.74, 6) is -4.13. The highest BCUT2D eigenvalue weighted by Gasteiger charge is 2.49. The molecule has 1 amide bonds. The van der Waals surface area contributed by atoms with Crippen LogP contribution in [0.5, 0.6) is 0 Å². The fourth-order valence-electron chi connectivity index (χ4n) is 3.43. The molecule has 2 heterocycles. The Hall–Kier alpha value is -2.04. The van der Waals surface area contributed by atoms with E-state index in [1.807, 2.05) is 0 Å². The van der Waals surface area contributed by atoms with Crippen molar-refractivity contribution in [3.05, 3.63) is 57.6 Å². The van der Waals surface area contributed by atoms with Crippen LogP contribution in [0.4, 0.5) is 22.0 Å². The van der Waals surface area contributed by atoms with Gasteiger partial charge in [0.25, 0.3) is 5.91 Å². The third-order valence-electron chi connectivity index (χ3n) is 5.13. The van der Waals surface area contributed by atoms with E-state index in [1.54, 1.807) is 0 Å². The summed E-state index contributed by atoms with van der Waals surface area (Å²) in [5.41, 5.74) is -3.90. The fourth-order valence-corrected chi connectivity index (χ4v) is 3.96. The van der Waals surface area contributed by atoms with Crippen molar-refractivity contribution in [3.8, 4) is 0 Å². The average molecular weight is 484 g/mol. The van der Waals surface area contributed by atoms with Crippen molar-refractivity contribution in [2.24, 2.45) is 0 Å². The lowest BCUT2D eigenvalue weighted by Gasteiger charge is -2.41. The van der Waals surface area contributed by atoms with E-state index >= 15 is 0 Å². The monoisotopic (exact) mass is 483 g/mol. The van der Waals surface area contributed by atoms with Gasteiger partial charge in [-0.3, -0.25) is 9.78 Å². The number of carbonyl (C=O) groups is 1. The molecule has 1 unspecified atom stereocenters. The van der Waals surface area contributed by atoms with Gasteiger partial charge in [-0.1, -0.05) is 23.2 Å². The molecule has 168 valence electrons. The molecule has 1 saturated carbocycles. The Morgan fingerprint density at radius 1 is 1.10 bits per heavy atom. The van der Waals surface area contributed by atoms with Crippen molar-refractivity contribution >= 4 is 29.1 Å². The van der Waals surface area contributed by atoms with E-state index in [9.17, 15) is 31.9 Å². The van der Waals surface area contributed by atoms with Gasteiger partial charge in [-0.05, 0) is 31.0 Å². The molecule has 2 aromatic heterocycles. The number of amides is 1. The van der Waals surface area contributed by atoms with E-state index in [-0.39, 0.29) is 10.7 Å². The number of hydrogen-bond donors (Lipinski definition) is 2. The molecule has 0 aliphatic heterocycles. The van der Waals surface area contributed by atoms with Crippen molar-refractivity contribution in [2.75, 3.05) is 0 Å². The number of carbonyl (C=O) groups excluding carboxylic acids is 1. The maximum absolute atomic E-state index is 13.7. The zero-order chi connectivity index (χ0) is 23.0. The zero-order valence-corrected chi connectivity index (χ0v) is 17.2. The molecule has 1 atom stereocenters. The Bertz CT molecular complexity index is 977. The molecule has 1 fully saturated rings. The van der Waals surface area contributed by atoms with E-state index in [4.69, 9.17) is 23.2 Å². The van der Waals surface area contributed by atoms with Gasteiger partial charge in [0.05, 0.1) is 26.9 Å². The van der Waals surface area contributed by atoms with Gasteiger partial charge in [-0.15, -0.1) is 0 Å². The average Bonchev–Trinajstić information content (AvgIpc) is 2.68. The number of hydrogen-bond acceptors (Lipinski definition) is 4. The Labute approximate surface area is 183 Å². The van der Waals surface area contributed by atoms with Gasteiger partial charge in [0.1, 0.15) is 11.7 Å². The van der Waals surface area contributed by atoms with Crippen LogP contribution < -0.4 is 5.32 Å². The first-order valence-electron chi connectivity index (χ1n) is 9.07. The Kier molecular flexibility index (Phi) is 6.46. The summed E-state index contributed by atoms with van der Waals surface area (Å²) in [6.07, 6.45) is -4.85. The number of alkyl halides is 5. The van der Waals surface area contributed by atoms with Crippen molar-refractivity contribution in [1.29, 1.82) is 0 Å². The van der Waals surface area contributed by atoms with E-state index < -0.39 is 71.6 Å². The van der Waals surface area contributed by atoms with Gasteiger partial charge >= 0.3 is 6.18 Å². The predicted molar refractivity (Wildman–Crippen MR) is 102 cm³/mol. The molecule has 0 bridgehead atoms. The Morgan fingerprint density at radius 2 is 1.74 bits per heavy atom. The highest BCUT2D eigenvalue weighted by molar-refractivity contribution is 6.34. The largest absolute Gasteiger partial charge is 0.417 e. The summed E-state index contributed by atoms with van der Waals surface area (Å²) in [5, 5.41) is 12.6. The fraction of sp³-hybridized carbons (Fsp3) is 0.421. The molecule has 12 heteroatoms. The van der Waals surface area contributed by atoms with Crippen molar-refractivity contribution < 1.29 is 31.9 Å². The van der Waals surface area contributed by atoms with E-state index in [0.29, 0.717) is 6.07 Å². The van der Waals surface area contributed by atoms with E-state index in [2.05, 4.69) is 15.3 Å². The van der Waals surface area contributed by atoms with Crippen LogP contribution in [0.25, 0.3) is 0 Å². The van der Waals surface area contributed by atoms with Crippen LogP contribution in [-0.4, -0.2) is 32.5 Å². The van der Waals surface area contributed by atoms with Gasteiger partial charge in [0, 0.05) is 25.2 Å². The molecular formula is C19H16Cl2F5N3O2. The summed E-state index contributed by atoms with van der Waals surface area (Å²) >= 11 is 11.9. The van der Waals surface area contributed by atoms with Gasteiger partial charge in [0.2, 0.25) is 5.92 Å². The van der Waals surface area contributed by atoms with Gasteiger partial charge in [-0.25, -0.2) is 13.8 Å². The molecule has 5 nitrogen and oxygen atoms in total. The summed E-state index contributed by atoms with van der Waals surface area (Å²) < 4.78 is 66.7. The van der Waals surface area contributed by atoms with Crippen LogP contribution in [0.1, 0.15) is 53.5 Å². The lowest BCUT2D eigenvalue weighted by molar-refractivity contribution is -0.137. The minimum absolute atomic E-state index is 0.0201. The van der Waals surface area contributed by atoms with Crippen LogP contribution in [0.2, 0.25) is 10.0 Å². The molecule has 3 rings (SSSR count). The third kappa shape index (κ3) is 5.07. The Morgan fingerprint density at radius 3 is 2.32 bits per heavy atom. The number of pyridine rings is 2. The molecule has 1 aliphatic rings. The second-order valence-corrected chi connectivity index (χ2v) is 8.04. The van der Waals surface area contributed by atoms with Crippen LogP contribution in [-0.2, 0) is 6.18 Å². The topological polar surface area (TPSA) is 75.1 Å². The highest BCUT2D eigenvalue weighted by Crippen LogP contribution is 2.45. The predicted octanol–water partition coefficient (Wildman–Crippen LogP) is 5.21. The molecule has 31 heavy (non-hydrogen) atoms. The van der Waals surface area contributed by atoms with E-state index in [1.165, 1.54) is 18.3 Å². The third-order valence-corrected chi connectivity index (χ3v) is 5.83. The quantitative estimate of drug-likeness (QED) is 0.585. The first-order chi connectivity index (χ1) is 14.3. The van der Waals surface area contributed by atoms with Gasteiger partial charge in [0.15, 0.2) is 0 Å². The van der Waals surface area contributed by atoms with Crippen molar-refractivity contribution in [2.45, 2.75) is 49.4 Å². The molecule has 1 aliphatic carbocycles. The molecule has 2 aromatic rings. The van der Waals surface area contributed by atoms with Gasteiger partial charge < -0.3 is 10.4 Å². The summed E-state index contributed by atoms with van der Waals surface area (Å²) in [4.78, 5) is 20.4. The van der Waals surface area contributed by atoms with Crippen LogP contribution in [0.3, 0.4) is 0 Å². The number of halogens is 7. The summed E-state index contributed by atoms with van der Waals surface area (Å²) in [7, 11) is 0. The highest BCUT2D eigenvalue weighted by atomic mass is 35.5. The van der Waals surface area contributed by atoms with Crippen LogP contribution in [0.15, 0.2) is 30.6 Å². The lowest BCUT2D eigenvalue weighted by Crippen LogP contribution is -2.50. The zero-order valence-electron chi connectivity index (χ0n) is 15.7. The minimum atomic E-state index is -4.83. The normalized spacial score (nSPS) is 19.0. The first-order valence-corrected chi connectivity index (χ1v) is 9.83. The molecule has 0 aromatic carbocycles. The summed E-state index contributed by atoms with van der Waals surface area (Å²) in [6, 6.07) is 2.12. The molecule has 0 radical (unpaired) electrons. The maximum Gasteiger partial charge on any atom is 0.417 e. The lowest BCUT2D eigenvalue weighted by atomic mass is 9.76. The molecule has 2 N–H and O–H groups in total. The standard InChI is InChI=1S/C19H16Cl2F5N3O2/c20-11-2-1-8-27-13(11)15(17(31)4-6-18(22,23)7-5-17)29-16(30)14-12(21)10(3-9-28-14)19(24,25)26/h1-3,8-9,15,31H,4-7H2,(H,29,30). The second kappa shape index (κ2) is 8.48. The SMILES string of the molecule is O=C(NC(c1ncccc1Cl)C1(O)CCC(F)(F)CC1)c1nccc(C(F)(F)F)c1Cl. The van der Waals surface area contributed by atoms with E-state index in [0.717, 1.165) is 6.20 Å². The van der Waals surface area contributed by atoms with Crippen molar-refractivity contribution in [1.82, 2.24) is 15.3 Å². The van der Waals surface area contributed by atoms with Crippen molar-refractivity contribution in [3.63, 3.8) is 0 Å². The smallest absolute Gasteiger partial charge is 0.387 e. The molecule has 0 spiro atoms. The van der Waals surface area contributed by atoms with Crippen LogP contribution >= 0.6 is 23.2 Å². The van der Waals surface area contributed by atoms with Gasteiger partial charge in [-0.2, -0.15) is 13.2 Å². The molecular weight excluding hydrogens is 468 g/mol. The van der Waals surface area contributed by atoms with Crippen LogP contribution in [0, 0.1) is 0 Å². The minimum Gasteiger partial charge on any atom is -0.387 e. The number of rotatable bonds is 4. The summed E-state index contributed by atoms with van der Waals surface area (Å²) in [6.45, 7) is 0. The number of nitrogens with one attached hydrogen (secondary N) is 1. The first kappa shape index (κ1) is 23.6. The maximum atomic E-state index is 13.7. The number of nitrogens with zero attached hydrogens (tertiary/aromatic N) is 2.